The van der Waals surface area contributed by atoms with Gasteiger partial charge in [-0.25, -0.2) is 0 Å². The van der Waals surface area contributed by atoms with E-state index in [1.165, 1.54) is 42.5 Å². The van der Waals surface area contributed by atoms with Gasteiger partial charge in [0.05, 0.1) is 0 Å². The molecule has 2 N–H and O–H groups in total. The molecule has 0 bridgehead atoms. The van der Waals surface area contributed by atoms with E-state index in [9.17, 15) is 0 Å². The first-order valence-electron chi connectivity index (χ1n) is 7.64. The molecular formula is C17H28N2. The lowest BCUT2D eigenvalue weighted by atomic mass is 9.98. The van der Waals surface area contributed by atoms with Crippen molar-refractivity contribution in [2.45, 2.75) is 58.5 Å². The SMILES string of the molecule is Cc1cc(C)cc(C(N)CCN2CCCCC2C)c1. The minimum Gasteiger partial charge on any atom is -0.324 e. The van der Waals surface area contributed by atoms with Crippen LogP contribution in [-0.4, -0.2) is 24.0 Å². The molecule has 2 rings (SSSR count). The van der Waals surface area contributed by atoms with E-state index in [1.807, 2.05) is 0 Å². The van der Waals surface area contributed by atoms with Crippen LogP contribution in [0.3, 0.4) is 0 Å². The fourth-order valence-corrected chi connectivity index (χ4v) is 3.19. The average molecular weight is 260 g/mol. The molecule has 1 fully saturated rings. The molecule has 0 radical (unpaired) electrons. The van der Waals surface area contributed by atoms with Crippen LogP contribution in [-0.2, 0) is 0 Å². The van der Waals surface area contributed by atoms with Gasteiger partial charge in [-0.3, -0.25) is 0 Å². The average Bonchev–Trinajstić information content (AvgIpc) is 2.36. The minimum absolute atomic E-state index is 0.174. The molecule has 2 unspecified atom stereocenters. The molecular weight excluding hydrogens is 232 g/mol. The van der Waals surface area contributed by atoms with E-state index in [2.05, 4.69) is 43.9 Å². The first kappa shape index (κ1) is 14.5. The third-order valence-corrected chi connectivity index (χ3v) is 4.34. The van der Waals surface area contributed by atoms with Crippen LogP contribution in [0.15, 0.2) is 18.2 Å². The van der Waals surface area contributed by atoms with Gasteiger partial charge in [0.15, 0.2) is 0 Å². The third kappa shape index (κ3) is 4.05. The van der Waals surface area contributed by atoms with Crippen LogP contribution < -0.4 is 5.73 Å². The Kier molecular flexibility index (Phi) is 5.00. The number of rotatable bonds is 4. The van der Waals surface area contributed by atoms with Crippen molar-refractivity contribution in [1.29, 1.82) is 0 Å². The van der Waals surface area contributed by atoms with E-state index in [0.29, 0.717) is 0 Å². The van der Waals surface area contributed by atoms with E-state index in [1.54, 1.807) is 0 Å². The zero-order valence-electron chi connectivity index (χ0n) is 12.7. The Morgan fingerprint density at radius 2 is 1.89 bits per heavy atom. The van der Waals surface area contributed by atoms with Gasteiger partial charge in [0.1, 0.15) is 0 Å². The Bertz CT molecular complexity index is 393. The zero-order chi connectivity index (χ0) is 13.8. The Hall–Kier alpha value is -0.860. The van der Waals surface area contributed by atoms with Crippen molar-refractivity contribution in [2.75, 3.05) is 13.1 Å². The van der Waals surface area contributed by atoms with Crippen molar-refractivity contribution >= 4 is 0 Å². The minimum atomic E-state index is 0.174. The van der Waals surface area contributed by atoms with Crippen LogP contribution in [0.1, 0.15) is 55.3 Å². The van der Waals surface area contributed by atoms with Gasteiger partial charge in [-0.15, -0.1) is 0 Å². The highest BCUT2D eigenvalue weighted by molar-refractivity contribution is 5.30. The second-order valence-corrected chi connectivity index (χ2v) is 6.20. The van der Waals surface area contributed by atoms with Crippen LogP contribution in [0.5, 0.6) is 0 Å². The summed E-state index contributed by atoms with van der Waals surface area (Å²) in [6, 6.07) is 7.59. The van der Waals surface area contributed by atoms with Gasteiger partial charge in [-0.05, 0) is 52.1 Å². The van der Waals surface area contributed by atoms with Crippen LogP contribution in [0, 0.1) is 13.8 Å². The normalized spacial score (nSPS) is 22.4. The van der Waals surface area contributed by atoms with E-state index in [-0.39, 0.29) is 6.04 Å². The maximum Gasteiger partial charge on any atom is 0.0307 e. The van der Waals surface area contributed by atoms with Crippen LogP contribution in [0.25, 0.3) is 0 Å². The molecule has 0 saturated carbocycles. The molecule has 1 heterocycles. The summed E-state index contributed by atoms with van der Waals surface area (Å²) in [6.45, 7) is 9.03. The van der Waals surface area contributed by atoms with Crippen LogP contribution in [0.4, 0.5) is 0 Å². The molecule has 19 heavy (non-hydrogen) atoms. The van der Waals surface area contributed by atoms with Gasteiger partial charge in [0.25, 0.3) is 0 Å². The highest BCUT2D eigenvalue weighted by Gasteiger charge is 2.18. The Labute approximate surface area is 118 Å². The van der Waals surface area contributed by atoms with Crippen molar-refractivity contribution < 1.29 is 0 Å². The first-order chi connectivity index (χ1) is 9.06. The molecule has 106 valence electrons. The molecule has 1 aromatic carbocycles. The van der Waals surface area contributed by atoms with E-state index < -0.39 is 0 Å². The van der Waals surface area contributed by atoms with Crippen molar-refractivity contribution in [3.63, 3.8) is 0 Å². The number of aryl methyl sites for hydroxylation is 2. The van der Waals surface area contributed by atoms with Crippen molar-refractivity contribution in [3.8, 4) is 0 Å². The summed E-state index contributed by atoms with van der Waals surface area (Å²) >= 11 is 0. The monoisotopic (exact) mass is 260 g/mol. The smallest absolute Gasteiger partial charge is 0.0307 e. The topological polar surface area (TPSA) is 29.3 Å². The van der Waals surface area contributed by atoms with Crippen molar-refractivity contribution in [1.82, 2.24) is 4.90 Å². The van der Waals surface area contributed by atoms with Crippen molar-refractivity contribution in [2.24, 2.45) is 5.73 Å². The molecule has 2 heteroatoms. The lowest BCUT2D eigenvalue weighted by Crippen LogP contribution is -2.39. The molecule has 2 atom stereocenters. The predicted octanol–water partition coefficient (Wildman–Crippen LogP) is 3.57. The van der Waals surface area contributed by atoms with Gasteiger partial charge >= 0.3 is 0 Å². The first-order valence-corrected chi connectivity index (χ1v) is 7.64. The second-order valence-electron chi connectivity index (χ2n) is 6.20. The molecule has 1 aliphatic heterocycles. The molecule has 0 spiro atoms. The molecule has 0 amide bonds. The summed E-state index contributed by atoms with van der Waals surface area (Å²) in [7, 11) is 0. The quantitative estimate of drug-likeness (QED) is 0.896. The maximum absolute atomic E-state index is 6.37. The lowest BCUT2D eigenvalue weighted by molar-refractivity contribution is 0.155. The summed E-state index contributed by atoms with van der Waals surface area (Å²) in [4.78, 5) is 2.60. The number of hydrogen-bond acceptors (Lipinski definition) is 2. The summed E-state index contributed by atoms with van der Waals surface area (Å²) in [5.74, 6) is 0. The van der Waals surface area contributed by atoms with E-state index >= 15 is 0 Å². The van der Waals surface area contributed by atoms with Gasteiger partial charge < -0.3 is 10.6 Å². The number of benzene rings is 1. The highest BCUT2D eigenvalue weighted by Crippen LogP contribution is 2.21. The summed E-state index contributed by atoms with van der Waals surface area (Å²) in [5.41, 5.74) is 10.3. The van der Waals surface area contributed by atoms with Crippen LogP contribution in [0.2, 0.25) is 0 Å². The molecule has 0 aromatic heterocycles. The van der Waals surface area contributed by atoms with E-state index in [0.717, 1.165) is 19.0 Å². The van der Waals surface area contributed by atoms with Gasteiger partial charge in [-0.2, -0.15) is 0 Å². The van der Waals surface area contributed by atoms with Gasteiger partial charge in [-0.1, -0.05) is 35.7 Å². The Morgan fingerprint density at radius 3 is 2.53 bits per heavy atom. The fourth-order valence-electron chi connectivity index (χ4n) is 3.19. The molecule has 1 saturated heterocycles. The summed E-state index contributed by atoms with van der Waals surface area (Å²) < 4.78 is 0. The predicted molar refractivity (Wildman–Crippen MR) is 82.3 cm³/mol. The summed E-state index contributed by atoms with van der Waals surface area (Å²) in [5, 5.41) is 0. The second kappa shape index (κ2) is 6.53. The fraction of sp³-hybridized carbons (Fsp3) is 0.647. The molecule has 1 aliphatic rings. The molecule has 2 nitrogen and oxygen atoms in total. The highest BCUT2D eigenvalue weighted by atomic mass is 15.2. The number of piperidine rings is 1. The largest absolute Gasteiger partial charge is 0.324 e. The van der Waals surface area contributed by atoms with Crippen molar-refractivity contribution in [3.05, 3.63) is 34.9 Å². The standard InChI is InChI=1S/C17H28N2/c1-13-10-14(2)12-16(11-13)17(18)7-9-19-8-5-4-6-15(19)3/h10-12,15,17H,4-9,18H2,1-3H3. The number of nitrogens with two attached hydrogens (primary N) is 1. The van der Waals surface area contributed by atoms with Gasteiger partial charge in [0.2, 0.25) is 0 Å². The molecule has 1 aromatic rings. The lowest BCUT2D eigenvalue weighted by Gasteiger charge is -2.34. The third-order valence-electron chi connectivity index (χ3n) is 4.34. The Morgan fingerprint density at radius 1 is 1.21 bits per heavy atom. The maximum atomic E-state index is 6.37. The van der Waals surface area contributed by atoms with E-state index in [4.69, 9.17) is 5.73 Å². The molecule has 0 aliphatic carbocycles. The number of nitrogens with zero attached hydrogens (tertiary/aromatic N) is 1. The van der Waals surface area contributed by atoms with Gasteiger partial charge in [0, 0.05) is 18.6 Å². The van der Waals surface area contributed by atoms with Crippen LogP contribution >= 0.6 is 0 Å². The summed E-state index contributed by atoms with van der Waals surface area (Å²) in [6.07, 6.45) is 5.15. The number of hydrogen-bond donors (Lipinski definition) is 1. The zero-order valence-corrected chi connectivity index (χ0v) is 12.7. The number of likely N-dealkylation sites (tertiary alicyclic amines) is 1. The Balaban J connectivity index is 1.91.